The normalized spacial score (nSPS) is 10.5. The van der Waals surface area contributed by atoms with Crippen LogP contribution in [-0.2, 0) is 6.42 Å². The van der Waals surface area contributed by atoms with Gasteiger partial charge in [0.1, 0.15) is 17.5 Å². The Kier molecular flexibility index (Phi) is 5.66. The summed E-state index contributed by atoms with van der Waals surface area (Å²) in [6.07, 6.45) is 0.957. The minimum atomic E-state index is 0.737. The topological polar surface area (TPSA) is 49.8 Å². The lowest BCUT2D eigenvalue weighted by atomic mass is 10.1. The Morgan fingerprint density at radius 3 is 2.44 bits per heavy atom. The van der Waals surface area contributed by atoms with Crippen molar-refractivity contribution in [2.75, 3.05) is 17.2 Å². The van der Waals surface area contributed by atoms with Crippen LogP contribution in [0.3, 0.4) is 0 Å². The van der Waals surface area contributed by atoms with Crippen LogP contribution in [-0.4, -0.2) is 16.5 Å². The number of aryl methyl sites for hydroxylation is 2. The minimum absolute atomic E-state index is 0.737. The highest BCUT2D eigenvalue weighted by atomic mass is 79.9. The van der Waals surface area contributed by atoms with Crippen LogP contribution >= 0.6 is 15.9 Å². The van der Waals surface area contributed by atoms with Crippen molar-refractivity contribution >= 4 is 33.3 Å². The zero-order valence-electron chi connectivity index (χ0n) is 14.4. The minimum Gasteiger partial charge on any atom is -0.370 e. The molecular weight excluding hydrogens is 376 g/mol. The van der Waals surface area contributed by atoms with Gasteiger partial charge < -0.3 is 10.6 Å². The first-order valence-electron chi connectivity index (χ1n) is 8.27. The average Bonchev–Trinajstić information content (AvgIpc) is 2.59. The lowest BCUT2D eigenvalue weighted by molar-refractivity contribution is 0.983. The van der Waals surface area contributed by atoms with Crippen LogP contribution in [0.4, 0.5) is 17.3 Å². The van der Waals surface area contributed by atoms with Crippen molar-refractivity contribution in [3.63, 3.8) is 0 Å². The second kappa shape index (κ2) is 8.12. The average molecular weight is 397 g/mol. The molecule has 1 aromatic heterocycles. The van der Waals surface area contributed by atoms with Gasteiger partial charge in [-0.3, -0.25) is 0 Å². The first-order chi connectivity index (χ1) is 12.1. The summed E-state index contributed by atoms with van der Waals surface area (Å²) >= 11 is 3.52. The number of halogens is 1. The third-order valence-electron chi connectivity index (χ3n) is 3.83. The molecule has 25 heavy (non-hydrogen) atoms. The lowest BCUT2D eigenvalue weighted by Gasteiger charge is -2.11. The van der Waals surface area contributed by atoms with Crippen molar-refractivity contribution in [2.45, 2.75) is 20.3 Å². The third-order valence-corrected chi connectivity index (χ3v) is 4.72. The molecule has 4 nitrogen and oxygen atoms in total. The van der Waals surface area contributed by atoms with Gasteiger partial charge in [-0.2, -0.15) is 0 Å². The maximum atomic E-state index is 4.47. The van der Waals surface area contributed by atoms with Gasteiger partial charge in [-0.05, 0) is 49.6 Å². The maximum Gasteiger partial charge on any atom is 0.136 e. The summed E-state index contributed by atoms with van der Waals surface area (Å²) in [6, 6.07) is 18.5. The number of anilines is 3. The van der Waals surface area contributed by atoms with Crippen molar-refractivity contribution in [1.29, 1.82) is 0 Å². The van der Waals surface area contributed by atoms with E-state index < -0.39 is 0 Å². The zero-order valence-corrected chi connectivity index (χ0v) is 16.0. The fourth-order valence-electron chi connectivity index (χ4n) is 2.57. The molecule has 2 N–H and O–H groups in total. The molecule has 0 bridgehead atoms. The Morgan fingerprint density at radius 2 is 1.68 bits per heavy atom. The molecule has 0 radical (unpaired) electrons. The summed E-state index contributed by atoms with van der Waals surface area (Å²) in [7, 11) is 0. The standard InChI is InChI=1S/C20H21BrN4/c1-14-12-17(8-9-18(14)21)25-20-13-19(23-15(2)24-20)22-11-10-16-6-4-3-5-7-16/h3-9,12-13H,10-11H2,1-2H3,(H2,22,23,24,25). The second-order valence-corrected chi connectivity index (χ2v) is 6.79. The van der Waals surface area contributed by atoms with Crippen LogP contribution in [0, 0.1) is 13.8 Å². The fourth-order valence-corrected chi connectivity index (χ4v) is 2.82. The molecule has 0 saturated heterocycles. The van der Waals surface area contributed by atoms with Gasteiger partial charge in [-0.15, -0.1) is 0 Å². The van der Waals surface area contributed by atoms with Crippen molar-refractivity contribution in [3.05, 3.63) is 76.0 Å². The highest BCUT2D eigenvalue weighted by molar-refractivity contribution is 9.10. The maximum absolute atomic E-state index is 4.47. The molecule has 2 aromatic carbocycles. The molecule has 128 valence electrons. The molecule has 1 heterocycles. The summed E-state index contributed by atoms with van der Waals surface area (Å²) in [5.41, 5.74) is 3.50. The van der Waals surface area contributed by atoms with Crippen LogP contribution < -0.4 is 10.6 Å². The molecule has 0 spiro atoms. The molecule has 0 aliphatic carbocycles. The van der Waals surface area contributed by atoms with E-state index in [0.717, 1.165) is 40.6 Å². The predicted octanol–water partition coefficient (Wildman–Crippen LogP) is 5.25. The number of aromatic nitrogens is 2. The summed E-state index contributed by atoms with van der Waals surface area (Å²) in [5, 5.41) is 6.73. The van der Waals surface area contributed by atoms with E-state index in [9.17, 15) is 0 Å². The van der Waals surface area contributed by atoms with E-state index in [1.165, 1.54) is 11.1 Å². The Balaban J connectivity index is 1.66. The van der Waals surface area contributed by atoms with Gasteiger partial charge >= 0.3 is 0 Å². The molecule has 3 aromatic rings. The third kappa shape index (κ3) is 5.03. The van der Waals surface area contributed by atoms with Crippen LogP contribution in [0.1, 0.15) is 17.0 Å². The van der Waals surface area contributed by atoms with Crippen LogP contribution in [0.25, 0.3) is 0 Å². The number of benzene rings is 2. The molecule has 0 fully saturated rings. The van der Waals surface area contributed by atoms with E-state index in [1.54, 1.807) is 0 Å². The van der Waals surface area contributed by atoms with E-state index in [1.807, 2.05) is 31.2 Å². The Bertz CT molecular complexity index is 850. The van der Waals surface area contributed by atoms with E-state index in [0.29, 0.717) is 0 Å². The largest absolute Gasteiger partial charge is 0.370 e. The molecule has 0 unspecified atom stereocenters. The van der Waals surface area contributed by atoms with Gasteiger partial charge in [0.15, 0.2) is 0 Å². The van der Waals surface area contributed by atoms with Crippen molar-refractivity contribution < 1.29 is 0 Å². The van der Waals surface area contributed by atoms with Gasteiger partial charge in [-0.1, -0.05) is 46.3 Å². The lowest BCUT2D eigenvalue weighted by Crippen LogP contribution is -2.08. The summed E-state index contributed by atoms with van der Waals surface area (Å²) < 4.78 is 1.10. The monoisotopic (exact) mass is 396 g/mol. The van der Waals surface area contributed by atoms with E-state index in [4.69, 9.17) is 0 Å². The number of nitrogens with one attached hydrogen (secondary N) is 2. The van der Waals surface area contributed by atoms with Gasteiger partial charge in [0.2, 0.25) is 0 Å². The Morgan fingerprint density at radius 1 is 0.920 bits per heavy atom. The van der Waals surface area contributed by atoms with Crippen LogP contribution in [0.2, 0.25) is 0 Å². The molecule has 0 amide bonds. The smallest absolute Gasteiger partial charge is 0.136 e. The van der Waals surface area contributed by atoms with Gasteiger partial charge in [-0.25, -0.2) is 9.97 Å². The molecule has 0 aliphatic rings. The highest BCUT2D eigenvalue weighted by Crippen LogP contribution is 2.23. The van der Waals surface area contributed by atoms with Crippen LogP contribution in [0.5, 0.6) is 0 Å². The molecule has 0 saturated carbocycles. The molecule has 0 atom stereocenters. The first kappa shape index (κ1) is 17.4. The SMILES string of the molecule is Cc1nc(NCCc2ccccc2)cc(Nc2ccc(Br)c(C)c2)n1. The Labute approximate surface area is 156 Å². The predicted molar refractivity (Wildman–Crippen MR) is 108 cm³/mol. The summed E-state index contributed by atoms with van der Waals surface area (Å²) in [5.74, 6) is 2.36. The Hall–Kier alpha value is -2.40. The fraction of sp³-hybridized carbons (Fsp3) is 0.200. The van der Waals surface area contributed by atoms with E-state index >= 15 is 0 Å². The molecular formula is C20H21BrN4. The zero-order chi connectivity index (χ0) is 17.6. The van der Waals surface area contributed by atoms with E-state index in [-0.39, 0.29) is 0 Å². The van der Waals surface area contributed by atoms with E-state index in [2.05, 4.69) is 73.8 Å². The highest BCUT2D eigenvalue weighted by Gasteiger charge is 2.04. The van der Waals surface area contributed by atoms with Crippen molar-refractivity contribution in [2.24, 2.45) is 0 Å². The molecule has 3 rings (SSSR count). The number of nitrogens with zero attached hydrogens (tertiary/aromatic N) is 2. The second-order valence-electron chi connectivity index (χ2n) is 5.94. The number of hydrogen-bond donors (Lipinski definition) is 2. The molecule has 5 heteroatoms. The van der Waals surface area contributed by atoms with Crippen molar-refractivity contribution in [1.82, 2.24) is 9.97 Å². The summed E-state index contributed by atoms with van der Waals surface area (Å²) in [6.45, 7) is 4.80. The van der Waals surface area contributed by atoms with Gasteiger partial charge in [0.25, 0.3) is 0 Å². The van der Waals surface area contributed by atoms with Crippen LogP contribution in [0.15, 0.2) is 59.1 Å². The van der Waals surface area contributed by atoms with Gasteiger partial charge in [0.05, 0.1) is 0 Å². The van der Waals surface area contributed by atoms with Crippen molar-refractivity contribution in [3.8, 4) is 0 Å². The number of hydrogen-bond acceptors (Lipinski definition) is 4. The quantitative estimate of drug-likeness (QED) is 0.596. The molecule has 0 aliphatic heterocycles. The summed E-state index contributed by atoms with van der Waals surface area (Å²) in [4.78, 5) is 8.94. The first-order valence-corrected chi connectivity index (χ1v) is 9.06. The number of rotatable bonds is 6. The van der Waals surface area contributed by atoms with Gasteiger partial charge in [0, 0.05) is 22.8 Å².